The first kappa shape index (κ1) is 16.9. The maximum absolute atomic E-state index is 12.2. The fourth-order valence-electron chi connectivity index (χ4n) is 2.59. The van der Waals surface area contributed by atoms with Gasteiger partial charge in [-0.25, -0.2) is 14.6 Å². The molecule has 0 aliphatic rings. The maximum Gasteiger partial charge on any atom is 0.251 e. The van der Waals surface area contributed by atoms with Gasteiger partial charge in [-0.3, -0.25) is 4.79 Å². The second kappa shape index (κ2) is 7.74. The summed E-state index contributed by atoms with van der Waals surface area (Å²) in [7, 11) is 0. The van der Waals surface area contributed by atoms with Crippen LogP contribution in [0, 0.1) is 0 Å². The molecule has 1 N–H and O–H groups in total. The zero-order valence-electron chi connectivity index (χ0n) is 14.5. The SMILES string of the molecule is CC(C)n1ncnc1-c1ccc(C(=O)NCCCn2ccnc2)cc1. The summed E-state index contributed by atoms with van der Waals surface area (Å²) in [6, 6.07) is 7.68. The number of carbonyl (C=O) groups is 1. The van der Waals surface area contributed by atoms with E-state index in [2.05, 4.69) is 34.2 Å². The molecule has 0 aliphatic heterocycles. The van der Waals surface area contributed by atoms with E-state index >= 15 is 0 Å². The summed E-state index contributed by atoms with van der Waals surface area (Å²) in [5.41, 5.74) is 1.59. The van der Waals surface area contributed by atoms with E-state index in [1.807, 2.05) is 39.7 Å². The monoisotopic (exact) mass is 338 g/mol. The number of benzene rings is 1. The lowest BCUT2D eigenvalue weighted by Gasteiger charge is -2.10. The quantitative estimate of drug-likeness (QED) is 0.672. The standard InChI is InChI=1S/C18H22N6O/c1-14(2)24-17(21-12-22-24)15-4-6-16(7-5-15)18(25)20-8-3-10-23-11-9-19-13-23/h4-7,9,11-14H,3,8,10H2,1-2H3,(H,20,25). The molecule has 0 atom stereocenters. The molecule has 130 valence electrons. The molecule has 2 aromatic heterocycles. The minimum Gasteiger partial charge on any atom is -0.352 e. The molecule has 25 heavy (non-hydrogen) atoms. The van der Waals surface area contributed by atoms with Crippen molar-refractivity contribution in [1.29, 1.82) is 0 Å². The van der Waals surface area contributed by atoms with Gasteiger partial charge in [-0.05, 0) is 32.4 Å². The minimum absolute atomic E-state index is 0.0671. The minimum atomic E-state index is -0.0671. The van der Waals surface area contributed by atoms with Crippen LogP contribution < -0.4 is 5.32 Å². The van der Waals surface area contributed by atoms with Crippen LogP contribution in [0.4, 0.5) is 0 Å². The molecule has 3 rings (SSSR count). The van der Waals surface area contributed by atoms with Crippen molar-refractivity contribution in [1.82, 2.24) is 29.6 Å². The number of nitrogens with one attached hydrogen (secondary N) is 1. The average Bonchev–Trinajstić information content (AvgIpc) is 3.30. The predicted molar refractivity (Wildman–Crippen MR) is 95.0 cm³/mol. The first-order valence-electron chi connectivity index (χ1n) is 8.39. The first-order valence-corrected chi connectivity index (χ1v) is 8.39. The van der Waals surface area contributed by atoms with Crippen LogP contribution in [-0.2, 0) is 6.54 Å². The van der Waals surface area contributed by atoms with Gasteiger partial charge in [0.15, 0.2) is 5.82 Å². The molecule has 7 nitrogen and oxygen atoms in total. The number of rotatable bonds is 7. The van der Waals surface area contributed by atoms with Crippen LogP contribution >= 0.6 is 0 Å². The first-order chi connectivity index (χ1) is 12.1. The van der Waals surface area contributed by atoms with Crippen molar-refractivity contribution in [3.05, 3.63) is 54.9 Å². The summed E-state index contributed by atoms with van der Waals surface area (Å²) in [6.45, 7) is 5.58. The average molecular weight is 338 g/mol. The predicted octanol–water partition coefficient (Wildman–Crippen LogP) is 2.54. The van der Waals surface area contributed by atoms with E-state index in [1.54, 1.807) is 18.9 Å². The molecule has 1 amide bonds. The van der Waals surface area contributed by atoms with Gasteiger partial charge in [0.25, 0.3) is 5.91 Å². The third kappa shape index (κ3) is 4.12. The molecule has 2 heterocycles. The molecule has 0 fully saturated rings. The Morgan fingerprint density at radius 1 is 1.24 bits per heavy atom. The van der Waals surface area contributed by atoms with E-state index in [4.69, 9.17) is 0 Å². The number of nitrogens with zero attached hydrogens (tertiary/aromatic N) is 5. The molecule has 0 unspecified atom stereocenters. The Kier molecular flexibility index (Phi) is 5.23. The maximum atomic E-state index is 12.2. The van der Waals surface area contributed by atoms with Gasteiger partial charge in [0.05, 0.1) is 6.33 Å². The van der Waals surface area contributed by atoms with Gasteiger partial charge >= 0.3 is 0 Å². The van der Waals surface area contributed by atoms with E-state index in [1.165, 1.54) is 0 Å². The van der Waals surface area contributed by atoms with Gasteiger partial charge < -0.3 is 9.88 Å². The van der Waals surface area contributed by atoms with Crippen molar-refractivity contribution < 1.29 is 4.79 Å². The number of aryl methyl sites for hydroxylation is 1. The second-order valence-corrected chi connectivity index (χ2v) is 6.11. The molecular weight excluding hydrogens is 316 g/mol. The molecule has 1 aromatic carbocycles. The molecule has 3 aromatic rings. The van der Waals surface area contributed by atoms with Crippen molar-refractivity contribution in [2.75, 3.05) is 6.54 Å². The number of aromatic nitrogens is 5. The number of hydrogen-bond donors (Lipinski definition) is 1. The number of carbonyl (C=O) groups excluding carboxylic acids is 1. The fraction of sp³-hybridized carbons (Fsp3) is 0.333. The zero-order chi connectivity index (χ0) is 17.6. The Morgan fingerprint density at radius 3 is 2.72 bits per heavy atom. The Hall–Kier alpha value is -2.96. The lowest BCUT2D eigenvalue weighted by Crippen LogP contribution is -2.25. The van der Waals surface area contributed by atoms with Crippen LogP contribution in [0.15, 0.2) is 49.3 Å². The van der Waals surface area contributed by atoms with Gasteiger partial charge in [-0.1, -0.05) is 12.1 Å². The molecule has 0 bridgehead atoms. The molecule has 0 spiro atoms. The van der Waals surface area contributed by atoms with E-state index in [-0.39, 0.29) is 11.9 Å². The summed E-state index contributed by atoms with van der Waals surface area (Å²) in [5.74, 6) is 0.741. The Morgan fingerprint density at radius 2 is 2.04 bits per heavy atom. The highest BCUT2D eigenvalue weighted by molar-refractivity contribution is 5.94. The third-order valence-corrected chi connectivity index (χ3v) is 3.91. The molecule has 0 saturated carbocycles. The molecule has 0 aliphatic carbocycles. The van der Waals surface area contributed by atoms with Crippen LogP contribution in [0.1, 0.15) is 36.7 Å². The van der Waals surface area contributed by atoms with E-state index in [9.17, 15) is 4.79 Å². The number of hydrogen-bond acceptors (Lipinski definition) is 4. The Balaban J connectivity index is 1.56. The van der Waals surface area contributed by atoms with Crippen molar-refractivity contribution in [3.63, 3.8) is 0 Å². The van der Waals surface area contributed by atoms with Crippen LogP contribution in [0.25, 0.3) is 11.4 Å². The highest BCUT2D eigenvalue weighted by Gasteiger charge is 2.11. The van der Waals surface area contributed by atoms with E-state index < -0.39 is 0 Å². The van der Waals surface area contributed by atoms with Crippen LogP contribution in [0.5, 0.6) is 0 Å². The van der Waals surface area contributed by atoms with Crippen molar-refractivity contribution >= 4 is 5.91 Å². The van der Waals surface area contributed by atoms with Crippen LogP contribution in [0.2, 0.25) is 0 Å². The zero-order valence-corrected chi connectivity index (χ0v) is 14.5. The number of imidazole rings is 1. The Bertz CT molecular complexity index is 804. The number of amides is 1. The highest BCUT2D eigenvalue weighted by Crippen LogP contribution is 2.20. The topological polar surface area (TPSA) is 77.6 Å². The molecule has 0 saturated heterocycles. The van der Waals surface area contributed by atoms with Gasteiger partial charge in [0.2, 0.25) is 0 Å². The normalized spacial score (nSPS) is 11.0. The smallest absolute Gasteiger partial charge is 0.251 e. The van der Waals surface area contributed by atoms with E-state index in [0.717, 1.165) is 24.4 Å². The second-order valence-electron chi connectivity index (χ2n) is 6.11. The van der Waals surface area contributed by atoms with E-state index in [0.29, 0.717) is 12.1 Å². The molecule has 0 radical (unpaired) electrons. The van der Waals surface area contributed by atoms with Crippen LogP contribution in [0.3, 0.4) is 0 Å². The lowest BCUT2D eigenvalue weighted by molar-refractivity contribution is 0.0952. The lowest BCUT2D eigenvalue weighted by atomic mass is 10.1. The summed E-state index contributed by atoms with van der Waals surface area (Å²) in [5, 5.41) is 7.18. The third-order valence-electron chi connectivity index (χ3n) is 3.91. The molecular formula is C18H22N6O. The van der Waals surface area contributed by atoms with Crippen molar-refractivity contribution in [2.45, 2.75) is 32.9 Å². The summed E-state index contributed by atoms with van der Waals surface area (Å²) in [6.07, 6.45) is 7.85. The Labute approximate surface area is 146 Å². The summed E-state index contributed by atoms with van der Waals surface area (Å²) >= 11 is 0. The van der Waals surface area contributed by atoms with Gasteiger partial charge in [0, 0.05) is 42.7 Å². The van der Waals surface area contributed by atoms with Crippen LogP contribution in [-0.4, -0.2) is 36.8 Å². The largest absolute Gasteiger partial charge is 0.352 e. The summed E-state index contributed by atoms with van der Waals surface area (Å²) in [4.78, 5) is 20.5. The highest BCUT2D eigenvalue weighted by atomic mass is 16.1. The van der Waals surface area contributed by atoms with Gasteiger partial charge in [0.1, 0.15) is 6.33 Å². The fourth-order valence-corrected chi connectivity index (χ4v) is 2.59. The van der Waals surface area contributed by atoms with Crippen molar-refractivity contribution in [2.24, 2.45) is 0 Å². The molecule has 7 heteroatoms. The van der Waals surface area contributed by atoms with Gasteiger partial charge in [-0.2, -0.15) is 5.10 Å². The van der Waals surface area contributed by atoms with Gasteiger partial charge in [-0.15, -0.1) is 0 Å². The summed E-state index contributed by atoms with van der Waals surface area (Å²) < 4.78 is 3.86. The van der Waals surface area contributed by atoms with Crippen molar-refractivity contribution in [3.8, 4) is 11.4 Å².